The monoisotopic (exact) mass is 157 g/mol. The number of aromatic nitrogens is 3. The fraction of sp³-hybridized carbons (Fsp3) is 0.600. The third-order valence-electron chi connectivity index (χ3n) is 1.53. The van der Waals surface area contributed by atoms with Crippen molar-refractivity contribution >= 4 is 5.95 Å². The molecule has 60 valence electrons. The summed E-state index contributed by atoms with van der Waals surface area (Å²) in [6.07, 6.45) is 0. The van der Waals surface area contributed by atoms with E-state index >= 15 is 0 Å². The molecule has 1 rings (SSSR count). The second-order valence-corrected chi connectivity index (χ2v) is 2.29. The first-order valence-corrected chi connectivity index (χ1v) is 3.08. The standard InChI is InChI=1S/C5H9N4O2/c1-4-6-8(3)5(7(4)2)9(10)11/h1-3H3/q+1. The third-order valence-corrected chi connectivity index (χ3v) is 1.53. The van der Waals surface area contributed by atoms with Crippen LogP contribution in [0.4, 0.5) is 5.95 Å². The van der Waals surface area contributed by atoms with Gasteiger partial charge >= 0.3 is 5.95 Å². The summed E-state index contributed by atoms with van der Waals surface area (Å²) < 4.78 is 2.68. The molecule has 6 nitrogen and oxygen atoms in total. The van der Waals surface area contributed by atoms with Crippen LogP contribution in [-0.4, -0.2) is 14.7 Å². The molecule has 0 bridgehead atoms. The quantitative estimate of drug-likeness (QED) is 0.312. The van der Waals surface area contributed by atoms with E-state index in [0.29, 0.717) is 5.82 Å². The Kier molecular flexibility index (Phi) is 1.60. The van der Waals surface area contributed by atoms with Crippen molar-refractivity contribution in [2.24, 2.45) is 14.1 Å². The minimum Gasteiger partial charge on any atom is -0.320 e. The van der Waals surface area contributed by atoms with Crippen LogP contribution >= 0.6 is 0 Å². The van der Waals surface area contributed by atoms with Gasteiger partial charge < -0.3 is 10.1 Å². The topological polar surface area (TPSA) is 64.8 Å². The summed E-state index contributed by atoms with van der Waals surface area (Å²) in [5.41, 5.74) is 0. The van der Waals surface area contributed by atoms with E-state index in [-0.39, 0.29) is 5.95 Å². The van der Waals surface area contributed by atoms with Gasteiger partial charge in [-0.05, 0) is 9.78 Å². The van der Waals surface area contributed by atoms with Gasteiger partial charge in [-0.15, -0.1) is 4.57 Å². The van der Waals surface area contributed by atoms with E-state index in [4.69, 9.17) is 0 Å². The average Bonchev–Trinajstić information content (AvgIpc) is 2.07. The fourth-order valence-corrected chi connectivity index (χ4v) is 0.931. The highest BCUT2D eigenvalue weighted by Crippen LogP contribution is 2.00. The molecule has 0 radical (unpaired) electrons. The minimum atomic E-state index is -0.458. The lowest BCUT2D eigenvalue weighted by molar-refractivity contribution is -0.722. The third kappa shape index (κ3) is 1.06. The number of nitrogens with zero attached hydrogens (tertiary/aromatic N) is 4. The Labute approximate surface area is 63.2 Å². The lowest BCUT2D eigenvalue weighted by Crippen LogP contribution is -2.32. The Balaban J connectivity index is 3.34. The molecule has 1 aromatic rings. The van der Waals surface area contributed by atoms with Crippen LogP contribution in [0.15, 0.2) is 0 Å². The molecule has 6 heteroatoms. The van der Waals surface area contributed by atoms with Gasteiger partial charge in [-0.1, -0.05) is 0 Å². The Morgan fingerprint density at radius 3 is 2.45 bits per heavy atom. The molecule has 0 aliphatic rings. The molecule has 0 saturated heterocycles. The van der Waals surface area contributed by atoms with E-state index in [1.165, 1.54) is 9.25 Å². The fourth-order valence-electron chi connectivity index (χ4n) is 0.931. The largest absolute Gasteiger partial charge is 0.602 e. The van der Waals surface area contributed by atoms with Crippen LogP contribution in [-0.2, 0) is 14.1 Å². The summed E-state index contributed by atoms with van der Waals surface area (Å²) in [7, 11) is 3.16. The molecule has 0 saturated carbocycles. The Morgan fingerprint density at radius 1 is 1.73 bits per heavy atom. The van der Waals surface area contributed by atoms with Gasteiger partial charge in [0.25, 0.3) is 5.82 Å². The predicted molar refractivity (Wildman–Crippen MR) is 35.8 cm³/mol. The van der Waals surface area contributed by atoms with Gasteiger partial charge in [-0.2, -0.15) is 0 Å². The molecule has 1 aromatic heterocycles. The normalized spacial score (nSPS) is 10.1. The molecule has 0 N–H and O–H groups in total. The molecule has 0 amide bonds. The first-order chi connectivity index (χ1) is 5.04. The van der Waals surface area contributed by atoms with Crippen LogP contribution in [0, 0.1) is 17.0 Å². The van der Waals surface area contributed by atoms with Gasteiger partial charge in [0.2, 0.25) is 0 Å². The highest BCUT2D eigenvalue weighted by molar-refractivity contribution is 4.92. The number of nitro groups is 1. The maximum Gasteiger partial charge on any atom is 0.602 e. The van der Waals surface area contributed by atoms with Gasteiger partial charge in [0.15, 0.2) is 0 Å². The van der Waals surface area contributed by atoms with Gasteiger partial charge in [-0.25, -0.2) is 0 Å². The molecule has 1 heterocycles. The Bertz CT molecular complexity index is 304. The molecular formula is C5H9N4O2+. The van der Waals surface area contributed by atoms with Gasteiger partial charge in [0.05, 0.1) is 4.92 Å². The first-order valence-electron chi connectivity index (χ1n) is 3.08. The molecule has 0 fully saturated rings. The van der Waals surface area contributed by atoms with Crippen molar-refractivity contribution in [1.82, 2.24) is 9.78 Å². The Hall–Kier alpha value is -1.46. The summed E-state index contributed by atoms with van der Waals surface area (Å²) in [6.45, 7) is 1.72. The number of rotatable bonds is 1. The van der Waals surface area contributed by atoms with Crippen LogP contribution < -0.4 is 4.57 Å². The highest BCUT2D eigenvalue weighted by Gasteiger charge is 2.28. The van der Waals surface area contributed by atoms with Crippen LogP contribution in [0.2, 0.25) is 0 Å². The van der Waals surface area contributed by atoms with Crippen molar-refractivity contribution in [3.05, 3.63) is 15.9 Å². The SMILES string of the molecule is Cc1nn(C)c([N+](=O)[O-])[n+]1C. The molecule has 11 heavy (non-hydrogen) atoms. The van der Waals surface area contributed by atoms with Gasteiger partial charge in [0.1, 0.15) is 14.1 Å². The van der Waals surface area contributed by atoms with E-state index in [9.17, 15) is 10.1 Å². The molecule has 0 unspecified atom stereocenters. The number of hydrogen-bond donors (Lipinski definition) is 0. The highest BCUT2D eigenvalue weighted by atomic mass is 16.6. The minimum absolute atomic E-state index is 0.0116. The molecule has 0 aliphatic carbocycles. The predicted octanol–water partition coefficient (Wildman–Crippen LogP) is -0.539. The summed E-state index contributed by atoms with van der Waals surface area (Å²) in [4.78, 5) is 9.92. The summed E-state index contributed by atoms with van der Waals surface area (Å²) in [5.74, 6) is 0.613. The van der Waals surface area contributed by atoms with Crippen LogP contribution in [0.5, 0.6) is 0 Å². The van der Waals surface area contributed by atoms with E-state index in [0.717, 1.165) is 0 Å². The van der Waals surface area contributed by atoms with E-state index in [2.05, 4.69) is 5.10 Å². The van der Waals surface area contributed by atoms with E-state index < -0.39 is 4.92 Å². The van der Waals surface area contributed by atoms with Crippen molar-refractivity contribution in [2.75, 3.05) is 0 Å². The van der Waals surface area contributed by atoms with Crippen LogP contribution in [0.3, 0.4) is 0 Å². The molecule has 0 spiro atoms. The zero-order chi connectivity index (χ0) is 8.59. The molecule has 0 aromatic carbocycles. The molecular weight excluding hydrogens is 148 g/mol. The molecule has 0 aliphatic heterocycles. The van der Waals surface area contributed by atoms with Crippen LogP contribution in [0.25, 0.3) is 0 Å². The zero-order valence-corrected chi connectivity index (χ0v) is 6.61. The lowest BCUT2D eigenvalue weighted by Gasteiger charge is -1.84. The van der Waals surface area contributed by atoms with Crippen molar-refractivity contribution < 1.29 is 9.49 Å². The second kappa shape index (κ2) is 2.30. The van der Waals surface area contributed by atoms with Crippen LogP contribution in [0.1, 0.15) is 5.82 Å². The second-order valence-electron chi connectivity index (χ2n) is 2.29. The maximum atomic E-state index is 10.4. The summed E-state index contributed by atoms with van der Waals surface area (Å²) in [5, 5.41) is 14.2. The van der Waals surface area contributed by atoms with E-state index in [1.807, 2.05) is 0 Å². The van der Waals surface area contributed by atoms with E-state index in [1.54, 1.807) is 21.0 Å². The number of aryl methyl sites for hydroxylation is 2. The smallest absolute Gasteiger partial charge is 0.320 e. The van der Waals surface area contributed by atoms with Crippen molar-refractivity contribution in [3.8, 4) is 0 Å². The summed E-state index contributed by atoms with van der Waals surface area (Å²) in [6, 6.07) is 0. The molecule has 0 atom stereocenters. The summed E-state index contributed by atoms with van der Waals surface area (Å²) >= 11 is 0. The Morgan fingerprint density at radius 2 is 2.27 bits per heavy atom. The average molecular weight is 157 g/mol. The van der Waals surface area contributed by atoms with Gasteiger partial charge in [0, 0.05) is 6.92 Å². The van der Waals surface area contributed by atoms with Gasteiger partial charge in [-0.3, -0.25) is 0 Å². The lowest BCUT2D eigenvalue weighted by atomic mass is 10.7. The van der Waals surface area contributed by atoms with Crippen molar-refractivity contribution in [2.45, 2.75) is 6.92 Å². The zero-order valence-electron chi connectivity index (χ0n) is 6.61. The first kappa shape index (κ1) is 7.64. The van der Waals surface area contributed by atoms with Crippen molar-refractivity contribution in [1.29, 1.82) is 0 Å². The number of hydrogen-bond acceptors (Lipinski definition) is 3. The van der Waals surface area contributed by atoms with Crippen molar-refractivity contribution in [3.63, 3.8) is 0 Å². The maximum absolute atomic E-state index is 10.4.